The summed E-state index contributed by atoms with van der Waals surface area (Å²) >= 11 is 6.12. The van der Waals surface area contributed by atoms with Crippen molar-refractivity contribution >= 4 is 28.2 Å². The van der Waals surface area contributed by atoms with Gasteiger partial charge in [-0.25, -0.2) is 4.98 Å². The second-order valence-corrected chi connectivity index (χ2v) is 5.00. The summed E-state index contributed by atoms with van der Waals surface area (Å²) in [5, 5.41) is 4.99. The third-order valence-electron chi connectivity index (χ3n) is 3.28. The van der Waals surface area contributed by atoms with Crippen LogP contribution in [0.1, 0.15) is 11.1 Å². The fourth-order valence-corrected chi connectivity index (χ4v) is 2.50. The van der Waals surface area contributed by atoms with Crippen molar-refractivity contribution in [2.75, 3.05) is 5.32 Å². The normalized spacial score (nSPS) is 10.7. The van der Waals surface area contributed by atoms with E-state index in [0.29, 0.717) is 11.7 Å². The number of benzene rings is 1. The maximum absolute atomic E-state index is 6.12. The van der Waals surface area contributed by atoms with Crippen LogP contribution < -0.4 is 5.32 Å². The summed E-state index contributed by atoms with van der Waals surface area (Å²) in [6, 6.07) is 12.1. The van der Waals surface area contributed by atoms with Crippen molar-refractivity contribution < 1.29 is 0 Å². The van der Waals surface area contributed by atoms with Gasteiger partial charge >= 0.3 is 0 Å². The number of rotatable bonds is 3. The highest BCUT2D eigenvalue weighted by atomic mass is 35.5. The van der Waals surface area contributed by atoms with E-state index in [1.54, 1.807) is 6.20 Å². The molecule has 0 saturated carbocycles. The molecule has 3 aromatic rings. The van der Waals surface area contributed by atoms with Crippen LogP contribution in [-0.2, 0) is 6.54 Å². The minimum Gasteiger partial charge on any atom is -0.378 e. The maximum atomic E-state index is 6.12. The first-order valence-electron chi connectivity index (χ1n) is 6.43. The number of nitrogens with one attached hydrogen (secondary N) is 1. The third kappa shape index (κ3) is 2.45. The number of anilines is 1. The minimum absolute atomic E-state index is 0.498. The first kappa shape index (κ1) is 12.9. The van der Waals surface area contributed by atoms with Gasteiger partial charge in [0.2, 0.25) is 0 Å². The van der Waals surface area contributed by atoms with Crippen LogP contribution in [0, 0.1) is 6.92 Å². The molecule has 2 aromatic heterocycles. The molecule has 0 bridgehead atoms. The van der Waals surface area contributed by atoms with E-state index in [4.69, 9.17) is 11.6 Å². The van der Waals surface area contributed by atoms with Crippen molar-refractivity contribution in [2.24, 2.45) is 0 Å². The lowest BCUT2D eigenvalue weighted by molar-refractivity contribution is 1.13. The number of pyridine rings is 2. The van der Waals surface area contributed by atoms with Crippen LogP contribution in [0.25, 0.3) is 10.9 Å². The van der Waals surface area contributed by atoms with Crippen LogP contribution in [0.2, 0.25) is 5.15 Å². The molecule has 0 radical (unpaired) electrons. The predicted octanol–water partition coefficient (Wildman–Crippen LogP) is 4.20. The first-order valence-corrected chi connectivity index (χ1v) is 6.81. The maximum Gasteiger partial charge on any atom is 0.152 e. The fourth-order valence-electron chi connectivity index (χ4n) is 2.23. The van der Waals surface area contributed by atoms with Gasteiger partial charge in [-0.05, 0) is 30.2 Å². The molecule has 0 saturated heterocycles. The number of halogens is 1. The van der Waals surface area contributed by atoms with E-state index in [1.807, 2.05) is 31.3 Å². The smallest absolute Gasteiger partial charge is 0.152 e. The Kier molecular flexibility index (Phi) is 3.52. The molecule has 0 aliphatic heterocycles. The predicted molar refractivity (Wildman–Crippen MR) is 83.1 cm³/mol. The minimum atomic E-state index is 0.498. The highest BCUT2D eigenvalue weighted by Gasteiger charge is 2.06. The van der Waals surface area contributed by atoms with Crippen LogP contribution in [0.4, 0.5) is 5.69 Å². The molecule has 0 amide bonds. The molecule has 0 aliphatic rings. The number of aryl methyl sites for hydroxylation is 1. The highest BCUT2D eigenvalue weighted by Crippen LogP contribution is 2.24. The molecule has 100 valence electrons. The standard InChI is InChI=1S/C16H14ClN3/c1-11-7-9-19-16(17)14(11)20-10-13-5-2-4-12-6-3-8-18-15(12)13/h2-9,20H,10H2,1H3. The van der Waals surface area contributed by atoms with Gasteiger partial charge in [-0.1, -0.05) is 35.9 Å². The molecule has 0 atom stereocenters. The monoisotopic (exact) mass is 283 g/mol. The second-order valence-electron chi connectivity index (χ2n) is 4.64. The van der Waals surface area contributed by atoms with Crippen molar-refractivity contribution in [1.82, 2.24) is 9.97 Å². The summed E-state index contributed by atoms with van der Waals surface area (Å²) in [5.41, 5.74) is 4.11. The number of nitrogens with zero attached hydrogens (tertiary/aromatic N) is 2. The van der Waals surface area contributed by atoms with Crippen LogP contribution in [0.15, 0.2) is 48.8 Å². The van der Waals surface area contributed by atoms with Gasteiger partial charge in [0.15, 0.2) is 5.15 Å². The van der Waals surface area contributed by atoms with Crippen LogP contribution in [0.3, 0.4) is 0 Å². The number of hydrogen-bond donors (Lipinski definition) is 1. The Morgan fingerprint density at radius 1 is 1.05 bits per heavy atom. The number of aromatic nitrogens is 2. The van der Waals surface area contributed by atoms with E-state index in [1.165, 1.54) is 0 Å². The van der Waals surface area contributed by atoms with Gasteiger partial charge in [0.1, 0.15) is 0 Å². The lowest BCUT2D eigenvalue weighted by atomic mass is 10.1. The Hall–Kier alpha value is -2.13. The molecule has 3 rings (SSSR count). The molecule has 20 heavy (non-hydrogen) atoms. The van der Waals surface area contributed by atoms with Crippen molar-refractivity contribution in [2.45, 2.75) is 13.5 Å². The molecule has 1 N–H and O–H groups in total. The summed E-state index contributed by atoms with van der Waals surface area (Å²) in [6.45, 7) is 2.68. The Morgan fingerprint density at radius 2 is 1.90 bits per heavy atom. The largest absolute Gasteiger partial charge is 0.378 e. The van der Waals surface area contributed by atoms with Crippen LogP contribution in [0.5, 0.6) is 0 Å². The molecule has 0 aliphatic carbocycles. The van der Waals surface area contributed by atoms with Crippen molar-refractivity contribution in [3.05, 3.63) is 65.1 Å². The summed E-state index contributed by atoms with van der Waals surface area (Å²) in [4.78, 5) is 8.55. The average molecular weight is 284 g/mol. The zero-order valence-electron chi connectivity index (χ0n) is 11.1. The van der Waals surface area contributed by atoms with Gasteiger partial charge in [0.25, 0.3) is 0 Å². The van der Waals surface area contributed by atoms with Crippen LogP contribution in [-0.4, -0.2) is 9.97 Å². The van der Waals surface area contributed by atoms with E-state index in [0.717, 1.165) is 27.7 Å². The average Bonchev–Trinajstić information content (AvgIpc) is 2.47. The topological polar surface area (TPSA) is 37.8 Å². The van der Waals surface area contributed by atoms with Crippen molar-refractivity contribution in [3.63, 3.8) is 0 Å². The van der Waals surface area contributed by atoms with Gasteiger partial charge in [-0.15, -0.1) is 0 Å². The fraction of sp³-hybridized carbons (Fsp3) is 0.125. The lowest BCUT2D eigenvalue weighted by Gasteiger charge is -2.11. The summed E-state index contributed by atoms with van der Waals surface area (Å²) < 4.78 is 0. The number of fused-ring (bicyclic) bond motifs is 1. The van der Waals surface area contributed by atoms with Gasteiger partial charge in [-0.3, -0.25) is 4.98 Å². The summed E-state index contributed by atoms with van der Waals surface area (Å²) in [5.74, 6) is 0. The number of hydrogen-bond acceptors (Lipinski definition) is 3. The van der Waals surface area contributed by atoms with Gasteiger partial charge in [0.05, 0.1) is 11.2 Å². The van der Waals surface area contributed by atoms with E-state index < -0.39 is 0 Å². The molecule has 1 aromatic carbocycles. The van der Waals surface area contributed by atoms with E-state index in [2.05, 4.69) is 33.5 Å². The molecule has 4 heteroatoms. The molecule has 0 fully saturated rings. The molecule has 2 heterocycles. The summed E-state index contributed by atoms with van der Waals surface area (Å²) in [6.07, 6.45) is 3.52. The number of para-hydroxylation sites is 1. The molecule has 3 nitrogen and oxygen atoms in total. The lowest BCUT2D eigenvalue weighted by Crippen LogP contribution is -2.03. The van der Waals surface area contributed by atoms with Gasteiger partial charge < -0.3 is 5.32 Å². The third-order valence-corrected chi connectivity index (χ3v) is 3.57. The van der Waals surface area contributed by atoms with Crippen LogP contribution >= 0.6 is 11.6 Å². The van der Waals surface area contributed by atoms with Gasteiger partial charge in [0, 0.05) is 24.3 Å². The Labute approximate surface area is 122 Å². The SMILES string of the molecule is Cc1ccnc(Cl)c1NCc1cccc2cccnc12. The zero-order valence-corrected chi connectivity index (χ0v) is 11.9. The zero-order chi connectivity index (χ0) is 13.9. The Morgan fingerprint density at radius 3 is 2.75 bits per heavy atom. The van der Waals surface area contributed by atoms with Crippen molar-refractivity contribution in [1.29, 1.82) is 0 Å². The first-order chi connectivity index (χ1) is 9.75. The summed E-state index contributed by atoms with van der Waals surface area (Å²) in [7, 11) is 0. The molecular formula is C16H14ClN3. The highest BCUT2D eigenvalue weighted by molar-refractivity contribution is 6.32. The molecular weight excluding hydrogens is 270 g/mol. The van der Waals surface area contributed by atoms with E-state index >= 15 is 0 Å². The van der Waals surface area contributed by atoms with Crippen molar-refractivity contribution in [3.8, 4) is 0 Å². The Balaban J connectivity index is 1.91. The molecule has 0 unspecified atom stereocenters. The second kappa shape index (κ2) is 5.47. The Bertz CT molecular complexity index is 730. The van der Waals surface area contributed by atoms with E-state index in [9.17, 15) is 0 Å². The van der Waals surface area contributed by atoms with E-state index in [-0.39, 0.29) is 0 Å². The quantitative estimate of drug-likeness (QED) is 0.732. The van der Waals surface area contributed by atoms with Gasteiger partial charge in [-0.2, -0.15) is 0 Å². The molecule has 0 spiro atoms.